The molecule has 250 valence electrons. The van der Waals surface area contributed by atoms with Crippen molar-refractivity contribution < 1.29 is 33.0 Å². The number of ether oxygens (including phenoxy) is 4. The van der Waals surface area contributed by atoms with Crippen LogP contribution in [0.3, 0.4) is 0 Å². The normalized spacial score (nSPS) is 12.6. The van der Waals surface area contributed by atoms with Crippen LogP contribution in [0.15, 0.2) is 63.1 Å². The maximum Gasteiger partial charge on any atom is 0.262 e. The Balaban J connectivity index is 1.18. The third-order valence-electron chi connectivity index (χ3n) is 7.81. The number of nitrogens with zero attached hydrogens (tertiary/aromatic N) is 2. The van der Waals surface area contributed by atoms with Crippen molar-refractivity contribution in [3.63, 3.8) is 0 Å². The number of carbonyl (C=O) groups is 2. The van der Waals surface area contributed by atoms with Gasteiger partial charge in [0.05, 0.1) is 43.2 Å². The van der Waals surface area contributed by atoms with Gasteiger partial charge in [-0.2, -0.15) is 0 Å². The second-order valence-electron chi connectivity index (χ2n) is 11.0. The standard InChI is InChI=1S/C34H40N4O8S/c1-4-30(32(40)36-20-23-9-8-16-44-23)47-34-37-25-19-29-28(45-21-46-29)18-24(25)33(41)38(34)15-7-5-6-10-31(39)35-14-13-22-11-12-26(42-2)27(17-22)43-3/h8-9,11-12,16-19,30H,4-7,10,13-15,20-21H2,1-3H3,(H,35,39)(H,36,40)/t30-/m1/s1. The van der Waals surface area contributed by atoms with E-state index in [1.165, 1.54) is 11.8 Å². The smallest absolute Gasteiger partial charge is 0.262 e. The molecule has 47 heavy (non-hydrogen) atoms. The molecule has 0 spiro atoms. The first-order valence-electron chi connectivity index (χ1n) is 15.7. The van der Waals surface area contributed by atoms with E-state index in [0.717, 1.165) is 12.0 Å². The lowest BCUT2D eigenvalue weighted by Gasteiger charge is -2.18. The summed E-state index contributed by atoms with van der Waals surface area (Å²) in [7, 11) is 3.19. The molecule has 0 fully saturated rings. The summed E-state index contributed by atoms with van der Waals surface area (Å²) in [6.07, 6.45) is 5.22. The Morgan fingerprint density at radius 2 is 1.83 bits per heavy atom. The lowest BCUT2D eigenvalue weighted by atomic mass is 10.1. The minimum absolute atomic E-state index is 0.0197. The number of rotatable bonds is 17. The molecule has 12 nitrogen and oxygen atoms in total. The fraction of sp³-hybridized carbons (Fsp3) is 0.412. The van der Waals surface area contributed by atoms with Gasteiger partial charge in [0.25, 0.3) is 5.56 Å². The molecule has 3 heterocycles. The van der Waals surface area contributed by atoms with Crippen LogP contribution in [0, 0.1) is 0 Å². The second-order valence-corrected chi connectivity index (χ2v) is 12.2. The molecule has 0 radical (unpaired) electrons. The summed E-state index contributed by atoms with van der Waals surface area (Å²) in [6, 6.07) is 12.6. The molecular formula is C34H40N4O8S. The van der Waals surface area contributed by atoms with Crippen molar-refractivity contribution in [2.45, 2.75) is 68.9 Å². The van der Waals surface area contributed by atoms with Gasteiger partial charge in [0.2, 0.25) is 18.6 Å². The first-order valence-corrected chi connectivity index (χ1v) is 16.6. The van der Waals surface area contributed by atoms with Gasteiger partial charge in [0.1, 0.15) is 5.76 Å². The molecule has 0 saturated heterocycles. The highest BCUT2D eigenvalue weighted by Gasteiger charge is 2.24. The van der Waals surface area contributed by atoms with Crippen molar-refractivity contribution in [2.75, 3.05) is 27.6 Å². The lowest BCUT2D eigenvalue weighted by molar-refractivity contribution is -0.121. The number of methoxy groups -OCH3 is 2. The van der Waals surface area contributed by atoms with Gasteiger partial charge in [-0.05, 0) is 61.6 Å². The summed E-state index contributed by atoms with van der Waals surface area (Å²) < 4.78 is 28.6. The molecule has 0 bridgehead atoms. The monoisotopic (exact) mass is 664 g/mol. The molecule has 2 amide bonds. The number of nitrogens with one attached hydrogen (secondary N) is 2. The first-order chi connectivity index (χ1) is 22.9. The van der Waals surface area contributed by atoms with Gasteiger partial charge in [-0.1, -0.05) is 31.2 Å². The molecule has 2 aromatic heterocycles. The number of carbonyl (C=O) groups excluding carboxylic acids is 2. The Kier molecular flexibility index (Phi) is 11.7. The summed E-state index contributed by atoms with van der Waals surface area (Å²) in [5.74, 6) is 2.82. The van der Waals surface area contributed by atoms with E-state index in [0.29, 0.717) is 90.0 Å². The van der Waals surface area contributed by atoms with Crippen LogP contribution in [0.5, 0.6) is 23.0 Å². The zero-order chi connectivity index (χ0) is 33.2. The minimum Gasteiger partial charge on any atom is -0.493 e. The Hall–Kier alpha value is -4.65. The molecule has 1 aliphatic rings. The van der Waals surface area contributed by atoms with Gasteiger partial charge in [-0.15, -0.1) is 0 Å². The maximum atomic E-state index is 13.8. The number of aromatic nitrogens is 2. The van der Waals surface area contributed by atoms with Crippen LogP contribution in [-0.4, -0.2) is 54.2 Å². The second kappa shape index (κ2) is 16.3. The summed E-state index contributed by atoms with van der Waals surface area (Å²) in [5.41, 5.74) is 1.30. The Morgan fingerprint density at radius 1 is 1.02 bits per heavy atom. The highest BCUT2D eigenvalue weighted by Crippen LogP contribution is 2.35. The molecule has 1 atom stereocenters. The van der Waals surface area contributed by atoms with E-state index in [-0.39, 0.29) is 30.7 Å². The number of thioether (sulfide) groups is 1. The number of amides is 2. The van der Waals surface area contributed by atoms with Crippen LogP contribution < -0.4 is 35.1 Å². The van der Waals surface area contributed by atoms with Crippen LogP contribution in [0.2, 0.25) is 0 Å². The number of furan rings is 1. The lowest BCUT2D eigenvalue weighted by Crippen LogP contribution is -2.33. The molecule has 13 heteroatoms. The molecular weight excluding hydrogens is 624 g/mol. The average Bonchev–Trinajstić information content (AvgIpc) is 3.78. The quantitative estimate of drug-likeness (QED) is 0.0915. The molecule has 0 aliphatic carbocycles. The number of hydrogen-bond donors (Lipinski definition) is 2. The highest BCUT2D eigenvalue weighted by atomic mass is 32.2. The largest absolute Gasteiger partial charge is 0.493 e. The zero-order valence-corrected chi connectivity index (χ0v) is 27.7. The predicted octanol–water partition coefficient (Wildman–Crippen LogP) is 4.84. The summed E-state index contributed by atoms with van der Waals surface area (Å²) in [6.45, 7) is 3.18. The summed E-state index contributed by atoms with van der Waals surface area (Å²) in [4.78, 5) is 44.2. The van der Waals surface area contributed by atoms with E-state index >= 15 is 0 Å². The van der Waals surface area contributed by atoms with Crippen molar-refractivity contribution in [1.82, 2.24) is 20.2 Å². The van der Waals surface area contributed by atoms with Gasteiger partial charge >= 0.3 is 0 Å². The van der Waals surface area contributed by atoms with Crippen molar-refractivity contribution >= 4 is 34.5 Å². The minimum atomic E-state index is -0.475. The topological polar surface area (TPSA) is 143 Å². The third-order valence-corrected chi connectivity index (χ3v) is 9.17. The third kappa shape index (κ3) is 8.59. The van der Waals surface area contributed by atoms with Crippen LogP contribution >= 0.6 is 11.8 Å². The number of unbranched alkanes of at least 4 members (excludes halogenated alkanes) is 2. The number of benzene rings is 2. The Morgan fingerprint density at radius 3 is 2.57 bits per heavy atom. The fourth-order valence-electron chi connectivity index (χ4n) is 5.23. The van der Waals surface area contributed by atoms with Gasteiger partial charge in [-0.25, -0.2) is 4.98 Å². The predicted molar refractivity (Wildman–Crippen MR) is 177 cm³/mol. The molecule has 1 aliphatic heterocycles. The average molecular weight is 665 g/mol. The number of fused-ring (bicyclic) bond motifs is 2. The van der Waals surface area contributed by atoms with Crippen molar-refractivity contribution in [3.05, 3.63) is 70.4 Å². The van der Waals surface area contributed by atoms with Crippen LogP contribution in [0.4, 0.5) is 0 Å². The van der Waals surface area contributed by atoms with Gasteiger partial charge in [0, 0.05) is 25.6 Å². The maximum absolute atomic E-state index is 13.8. The van der Waals surface area contributed by atoms with Gasteiger partial charge < -0.3 is 34.0 Å². The van der Waals surface area contributed by atoms with Crippen LogP contribution in [0.25, 0.3) is 10.9 Å². The van der Waals surface area contributed by atoms with Crippen molar-refractivity contribution in [1.29, 1.82) is 0 Å². The summed E-state index contributed by atoms with van der Waals surface area (Å²) in [5, 5.41) is 6.29. The van der Waals surface area contributed by atoms with E-state index in [1.54, 1.807) is 49.3 Å². The van der Waals surface area contributed by atoms with Crippen LogP contribution in [-0.2, 0) is 29.1 Å². The van der Waals surface area contributed by atoms with E-state index in [2.05, 4.69) is 10.6 Å². The summed E-state index contributed by atoms with van der Waals surface area (Å²) >= 11 is 1.26. The van der Waals surface area contributed by atoms with E-state index in [9.17, 15) is 14.4 Å². The van der Waals surface area contributed by atoms with Crippen molar-refractivity contribution in [2.24, 2.45) is 0 Å². The zero-order valence-electron chi connectivity index (χ0n) is 26.8. The molecule has 0 saturated carbocycles. The Labute approximate surface area is 277 Å². The molecule has 2 aromatic carbocycles. The van der Waals surface area contributed by atoms with Gasteiger partial charge in [0.15, 0.2) is 28.2 Å². The number of hydrogen-bond acceptors (Lipinski definition) is 10. The van der Waals surface area contributed by atoms with E-state index in [1.807, 2.05) is 25.1 Å². The van der Waals surface area contributed by atoms with E-state index < -0.39 is 5.25 Å². The van der Waals surface area contributed by atoms with Gasteiger partial charge in [-0.3, -0.25) is 19.0 Å². The molecule has 0 unspecified atom stereocenters. The molecule has 4 aromatic rings. The SMILES string of the molecule is CC[C@@H](Sc1nc2cc3c(cc2c(=O)n1CCCCCC(=O)NCCc1ccc(OC)c(OC)c1)OCO3)C(=O)NCc1ccco1. The Bertz CT molecular complexity index is 1740. The van der Waals surface area contributed by atoms with Crippen molar-refractivity contribution in [3.8, 4) is 23.0 Å². The van der Waals surface area contributed by atoms with Crippen LogP contribution in [0.1, 0.15) is 50.4 Å². The molecule has 5 rings (SSSR count). The fourth-order valence-corrected chi connectivity index (χ4v) is 6.30. The van der Waals surface area contributed by atoms with E-state index in [4.69, 9.17) is 28.3 Å². The molecule has 2 N–H and O–H groups in total. The first kappa shape index (κ1) is 33.7. The highest BCUT2D eigenvalue weighted by molar-refractivity contribution is 8.00.